The Morgan fingerprint density at radius 1 is 1.62 bits per heavy atom. The summed E-state index contributed by atoms with van der Waals surface area (Å²) >= 11 is 0. The number of carboxylic acids is 1. The van der Waals surface area contributed by atoms with Crippen molar-refractivity contribution in [2.75, 3.05) is 0 Å². The van der Waals surface area contributed by atoms with Crippen LogP contribution in [0.1, 0.15) is 27.8 Å². The van der Waals surface area contributed by atoms with E-state index in [1.165, 1.54) is 18.3 Å². The fourth-order valence-electron chi connectivity index (χ4n) is 1.07. The van der Waals surface area contributed by atoms with Gasteiger partial charge in [-0.2, -0.15) is 0 Å². The first-order valence-corrected chi connectivity index (χ1v) is 4.51. The number of terminal acetylenes is 1. The van der Waals surface area contributed by atoms with E-state index >= 15 is 0 Å². The lowest BCUT2D eigenvalue weighted by Crippen LogP contribution is -2.33. The topological polar surface area (TPSA) is 79.3 Å². The second-order valence-corrected chi connectivity index (χ2v) is 3.07. The number of pyridine rings is 1. The summed E-state index contributed by atoms with van der Waals surface area (Å²) in [6.45, 7) is 1.61. The predicted octanol–water partition coefficient (Wildman–Crippen LogP) is 0.531. The lowest BCUT2D eigenvalue weighted by molar-refractivity contribution is 0.0689. The number of amides is 1. The summed E-state index contributed by atoms with van der Waals surface area (Å²) < 4.78 is 0. The van der Waals surface area contributed by atoms with Crippen LogP contribution in [0.25, 0.3) is 0 Å². The largest absolute Gasteiger partial charge is 0.478 e. The van der Waals surface area contributed by atoms with Crippen molar-refractivity contribution >= 4 is 11.9 Å². The minimum atomic E-state index is -1.20. The zero-order chi connectivity index (χ0) is 12.1. The van der Waals surface area contributed by atoms with Gasteiger partial charge >= 0.3 is 5.97 Å². The fraction of sp³-hybridized carbons (Fsp3) is 0.182. The van der Waals surface area contributed by atoms with Crippen molar-refractivity contribution in [3.05, 3.63) is 29.6 Å². The summed E-state index contributed by atoms with van der Waals surface area (Å²) in [6.07, 6.45) is 6.44. The molecule has 5 heteroatoms. The fourth-order valence-corrected chi connectivity index (χ4v) is 1.07. The Kier molecular flexibility index (Phi) is 3.62. The van der Waals surface area contributed by atoms with E-state index in [4.69, 9.17) is 11.5 Å². The van der Waals surface area contributed by atoms with Gasteiger partial charge in [-0.15, -0.1) is 6.42 Å². The molecule has 1 unspecified atom stereocenters. The number of carbonyl (C=O) groups excluding carboxylic acids is 1. The van der Waals surface area contributed by atoms with E-state index in [2.05, 4.69) is 16.2 Å². The van der Waals surface area contributed by atoms with Crippen molar-refractivity contribution in [3.8, 4) is 12.3 Å². The number of aromatic carboxylic acids is 1. The van der Waals surface area contributed by atoms with Gasteiger partial charge in [-0.05, 0) is 19.1 Å². The van der Waals surface area contributed by atoms with Gasteiger partial charge in [0.25, 0.3) is 5.91 Å². The molecule has 1 aromatic rings. The van der Waals surface area contributed by atoms with Gasteiger partial charge in [-0.3, -0.25) is 9.78 Å². The number of hydrogen-bond donors (Lipinski definition) is 2. The van der Waals surface area contributed by atoms with Crippen LogP contribution in [-0.4, -0.2) is 28.0 Å². The highest BCUT2D eigenvalue weighted by Gasteiger charge is 2.18. The van der Waals surface area contributed by atoms with Crippen LogP contribution in [0.15, 0.2) is 18.3 Å². The molecule has 0 spiro atoms. The number of carboxylic acid groups (broad SMARTS) is 1. The maximum Gasteiger partial charge on any atom is 0.338 e. The number of hydrogen-bond acceptors (Lipinski definition) is 3. The standard InChI is InChI=1S/C11H10N2O3/c1-3-7(2)13-10(14)9-8(11(15)16)5-4-6-12-9/h1,4-7H,2H3,(H,13,14)(H,15,16). The van der Waals surface area contributed by atoms with Crippen LogP contribution in [0.4, 0.5) is 0 Å². The molecule has 0 aliphatic rings. The zero-order valence-corrected chi connectivity index (χ0v) is 8.60. The summed E-state index contributed by atoms with van der Waals surface area (Å²) in [7, 11) is 0. The van der Waals surface area contributed by atoms with E-state index in [0.717, 1.165) is 0 Å². The highest BCUT2D eigenvalue weighted by Crippen LogP contribution is 2.05. The number of nitrogens with one attached hydrogen (secondary N) is 1. The molecule has 1 atom stereocenters. The Balaban J connectivity index is 3.00. The molecule has 82 valence electrons. The monoisotopic (exact) mass is 218 g/mol. The lowest BCUT2D eigenvalue weighted by atomic mass is 10.2. The SMILES string of the molecule is C#CC(C)NC(=O)c1ncccc1C(=O)O. The van der Waals surface area contributed by atoms with Gasteiger partial charge in [0, 0.05) is 6.20 Å². The van der Waals surface area contributed by atoms with Crippen LogP contribution in [0.5, 0.6) is 0 Å². The maximum atomic E-state index is 11.6. The molecular weight excluding hydrogens is 208 g/mol. The van der Waals surface area contributed by atoms with Gasteiger partial charge in [0.15, 0.2) is 0 Å². The number of carbonyl (C=O) groups is 2. The highest BCUT2D eigenvalue weighted by atomic mass is 16.4. The second kappa shape index (κ2) is 4.94. The Labute approximate surface area is 92.5 Å². The molecule has 0 saturated carbocycles. The number of aromatic nitrogens is 1. The molecule has 0 radical (unpaired) electrons. The molecule has 2 N–H and O–H groups in total. The minimum Gasteiger partial charge on any atom is -0.478 e. The second-order valence-electron chi connectivity index (χ2n) is 3.07. The first-order chi connectivity index (χ1) is 7.56. The van der Waals surface area contributed by atoms with E-state index in [1.54, 1.807) is 6.92 Å². The van der Waals surface area contributed by atoms with Gasteiger partial charge in [0.2, 0.25) is 0 Å². The third kappa shape index (κ3) is 2.58. The van der Waals surface area contributed by atoms with Crippen molar-refractivity contribution in [1.29, 1.82) is 0 Å². The van der Waals surface area contributed by atoms with Crippen molar-refractivity contribution in [2.45, 2.75) is 13.0 Å². The quantitative estimate of drug-likeness (QED) is 0.725. The molecule has 16 heavy (non-hydrogen) atoms. The van der Waals surface area contributed by atoms with E-state index < -0.39 is 17.9 Å². The highest BCUT2D eigenvalue weighted by molar-refractivity contribution is 6.03. The van der Waals surface area contributed by atoms with E-state index in [-0.39, 0.29) is 11.3 Å². The summed E-state index contributed by atoms with van der Waals surface area (Å²) in [6, 6.07) is 2.28. The van der Waals surface area contributed by atoms with Crippen molar-refractivity contribution in [1.82, 2.24) is 10.3 Å². The van der Waals surface area contributed by atoms with Crippen LogP contribution in [0, 0.1) is 12.3 Å². The molecule has 0 saturated heterocycles. The molecule has 0 aliphatic carbocycles. The van der Waals surface area contributed by atoms with Gasteiger partial charge in [-0.25, -0.2) is 4.79 Å². The normalized spacial score (nSPS) is 11.2. The van der Waals surface area contributed by atoms with Crippen LogP contribution < -0.4 is 5.32 Å². The molecular formula is C11H10N2O3. The van der Waals surface area contributed by atoms with E-state index in [1.807, 2.05) is 0 Å². The summed E-state index contributed by atoms with van der Waals surface area (Å²) in [5.74, 6) is 0.511. The molecule has 1 aromatic heterocycles. The van der Waals surface area contributed by atoms with Gasteiger partial charge in [0.1, 0.15) is 5.69 Å². The molecule has 0 fully saturated rings. The van der Waals surface area contributed by atoms with Crippen molar-refractivity contribution < 1.29 is 14.7 Å². The summed E-state index contributed by atoms with van der Waals surface area (Å²) in [4.78, 5) is 26.2. The molecule has 1 heterocycles. The number of rotatable bonds is 3. The van der Waals surface area contributed by atoms with Crippen LogP contribution in [0.2, 0.25) is 0 Å². The van der Waals surface area contributed by atoms with Gasteiger partial charge in [-0.1, -0.05) is 5.92 Å². The summed E-state index contributed by atoms with van der Waals surface area (Å²) in [5, 5.41) is 11.3. The first kappa shape index (κ1) is 11.7. The van der Waals surface area contributed by atoms with Gasteiger partial charge in [0.05, 0.1) is 11.6 Å². The minimum absolute atomic E-state index is 0.142. The zero-order valence-electron chi connectivity index (χ0n) is 8.60. The third-order valence-electron chi connectivity index (χ3n) is 1.85. The molecule has 0 bridgehead atoms. The van der Waals surface area contributed by atoms with Crippen molar-refractivity contribution in [2.24, 2.45) is 0 Å². The van der Waals surface area contributed by atoms with E-state index in [0.29, 0.717) is 0 Å². The third-order valence-corrected chi connectivity index (χ3v) is 1.85. The number of nitrogens with zero attached hydrogens (tertiary/aromatic N) is 1. The Bertz CT molecular complexity index is 463. The van der Waals surface area contributed by atoms with Crippen LogP contribution in [0.3, 0.4) is 0 Å². The Hall–Kier alpha value is -2.35. The average molecular weight is 218 g/mol. The van der Waals surface area contributed by atoms with Crippen LogP contribution in [-0.2, 0) is 0 Å². The average Bonchev–Trinajstić information content (AvgIpc) is 2.28. The molecule has 5 nitrogen and oxygen atoms in total. The summed E-state index contributed by atoms with van der Waals surface area (Å²) in [5.41, 5.74) is -0.290. The molecule has 1 rings (SSSR count). The van der Waals surface area contributed by atoms with Crippen LogP contribution >= 0.6 is 0 Å². The van der Waals surface area contributed by atoms with E-state index in [9.17, 15) is 9.59 Å². The molecule has 0 aliphatic heterocycles. The van der Waals surface area contributed by atoms with Gasteiger partial charge < -0.3 is 10.4 Å². The lowest BCUT2D eigenvalue weighted by Gasteiger charge is -2.08. The predicted molar refractivity (Wildman–Crippen MR) is 57.0 cm³/mol. The Morgan fingerprint density at radius 3 is 2.88 bits per heavy atom. The first-order valence-electron chi connectivity index (χ1n) is 4.51. The maximum absolute atomic E-state index is 11.6. The smallest absolute Gasteiger partial charge is 0.338 e. The Morgan fingerprint density at radius 2 is 2.31 bits per heavy atom. The van der Waals surface area contributed by atoms with Crippen molar-refractivity contribution in [3.63, 3.8) is 0 Å². The molecule has 0 aromatic carbocycles. The molecule has 1 amide bonds.